The van der Waals surface area contributed by atoms with Gasteiger partial charge in [0.1, 0.15) is 0 Å². The standard InChI is InChI=1S/C44H84O2/c1-4-7-10-13-16-19-22-23-24-27-30-33-36-39-42-44(43(45)46,40-37-34-31-28-25-20-17-14-11-8-5-2)41-38-35-32-29-26-21-18-15-12-9-6-3/h16,19,23-24H,4-15,17-18,20-22,25-42H2,1-3H3,(H,45,46)/b19-16-,24-23-. The number of hydrogen-bond acceptors (Lipinski definition) is 1. The largest absolute Gasteiger partial charge is 0.481 e. The molecule has 0 aliphatic heterocycles. The van der Waals surface area contributed by atoms with E-state index < -0.39 is 11.4 Å². The minimum absolute atomic E-state index is 0.484. The minimum atomic E-state index is -0.502. The molecule has 272 valence electrons. The molecule has 46 heavy (non-hydrogen) atoms. The summed E-state index contributed by atoms with van der Waals surface area (Å²) < 4.78 is 0. The lowest BCUT2D eigenvalue weighted by Crippen LogP contribution is -2.31. The van der Waals surface area contributed by atoms with Crippen molar-refractivity contribution in [1.29, 1.82) is 0 Å². The van der Waals surface area contributed by atoms with Crippen LogP contribution in [0.4, 0.5) is 0 Å². The summed E-state index contributed by atoms with van der Waals surface area (Å²) in [5.74, 6) is -0.502. The highest BCUT2D eigenvalue weighted by Crippen LogP contribution is 2.38. The van der Waals surface area contributed by atoms with Gasteiger partial charge in [0.05, 0.1) is 5.41 Å². The van der Waals surface area contributed by atoms with E-state index in [1.165, 1.54) is 173 Å². The molecule has 0 aromatic carbocycles. The molecule has 0 radical (unpaired) electrons. The monoisotopic (exact) mass is 645 g/mol. The molecule has 1 N–H and O–H groups in total. The lowest BCUT2D eigenvalue weighted by molar-refractivity contribution is -0.150. The molecule has 0 fully saturated rings. The topological polar surface area (TPSA) is 37.3 Å². The van der Waals surface area contributed by atoms with E-state index >= 15 is 0 Å². The predicted molar refractivity (Wildman–Crippen MR) is 207 cm³/mol. The molecule has 0 aromatic heterocycles. The summed E-state index contributed by atoms with van der Waals surface area (Å²) in [6, 6.07) is 0. The van der Waals surface area contributed by atoms with Crippen molar-refractivity contribution in [2.75, 3.05) is 0 Å². The number of hydrogen-bond donors (Lipinski definition) is 1. The van der Waals surface area contributed by atoms with E-state index in [0.29, 0.717) is 0 Å². The first-order chi connectivity index (χ1) is 22.6. The van der Waals surface area contributed by atoms with Crippen molar-refractivity contribution in [1.82, 2.24) is 0 Å². The number of carboxylic acid groups (broad SMARTS) is 1. The molecule has 0 unspecified atom stereocenters. The zero-order chi connectivity index (χ0) is 33.7. The lowest BCUT2D eigenvalue weighted by Gasteiger charge is -2.30. The van der Waals surface area contributed by atoms with Gasteiger partial charge in [-0.05, 0) is 51.4 Å². The average molecular weight is 645 g/mol. The van der Waals surface area contributed by atoms with Crippen LogP contribution in [-0.4, -0.2) is 11.1 Å². The van der Waals surface area contributed by atoms with Gasteiger partial charge in [-0.2, -0.15) is 0 Å². The number of carbonyl (C=O) groups is 1. The maximum absolute atomic E-state index is 12.8. The molecular formula is C44H84O2. The van der Waals surface area contributed by atoms with Crippen molar-refractivity contribution in [3.8, 4) is 0 Å². The third-order valence-electron chi connectivity index (χ3n) is 10.3. The molecule has 0 spiro atoms. The Morgan fingerprint density at radius 2 is 0.652 bits per heavy atom. The van der Waals surface area contributed by atoms with Gasteiger partial charge in [-0.1, -0.05) is 218 Å². The molecule has 0 aliphatic rings. The quantitative estimate of drug-likeness (QED) is 0.0536. The molecule has 0 rings (SSSR count). The van der Waals surface area contributed by atoms with Crippen molar-refractivity contribution in [2.45, 2.75) is 245 Å². The molecule has 0 saturated heterocycles. The second kappa shape index (κ2) is 36.8. The molecule has 2 nitrogen and oxygen atoms in total. The highest BCUT2D eigenvalue weighted by molar-refractivity contribution is 5.74. The molecular weight excluding hydrogens is 560 g/mol. The first-order valence-electron chi connectivity index (χ1n) is 21.2. The van der Waals surface area contributed by atoms with Crippen molar-refractivity contribution >= 4 is 5.97 Å². The number of carboxylic acids is 1. The van der Waals surface area contributed by atoms with E-state index in [1.807, 2.05) is 0 Å². The average Bonchev–Trinajstić information content (AvgIpc) is 3.05. The second-order valence-electron chi connectivity index (χ2n) is 14.8. The van der Waals surface area contributed by atoms with Crippen molar-refractivity contribution in [2.24, 2.45) is 5.41 Å². The van der Waals surface area contributed by atoms with Gasteiger partial charge in [-0.25, -0.2) is 0 Å². The Hall–Kier alpha value is -1.05. The molecule has 0 aliphatic carbocycles. The summed E-state index contributed by atoms with van der Waals surface area (Å²) in [7, 11) is 0. The Morgan fingerprint density at radius 3 is 0.978 bits per heavy atom. The first kappa shape index (κ1) is 45.0. The Bertz CT molecular complexity index is 637. The fourth-order valence-corrected chi connectivity index (χ4v) is 7.05. The molecule has 0 atom stereocenters. The van der Waals surface area contributed by atoms with Crippen molar-refractivity contribution in [3.63, 3.8) is 0 Å². The summed E-state index contributed by atoms with van der Waals surface area (Å²) in [6.07, 6.45) is 53.2. The van der Waals surface area contributed by atoms with E-state index in [1.54, 1.807) is 0 Å². The molecule has 0 aromatic rings. The highest BCUT2D eigenvalue weighted by Gasteiger charge is 2.36. The van der Waals surface area contributed by atoms with Gasteiger partial charge in [-0.3, -0.25) is 4.79 Å². The van der Waals surface area contributed by atoms with Crippen LogP contribution in [0, 0.1) is 5.41 Å². The summed E-state index contributed by atoms with van der Waals surface area (Å²) in [4.78, 5) is 12.8. The predicted octanol–water partition coefficient (Wildman–Crippen LogP) is 15.9. The summed E-state index contributed by atoms with van der Waals surface area (Å²) in [5, 5.41) is 10.5. The van der Waals surface area contributed by atoms with E-state index in [9.17, 15) is 9.90 Å². The van der Waals surface area contributed by atoms with E-state index in [2.05, 4.69) is 45.1 Å². The van der Waals surface area contributed by atoms with Gasteiger partial charge in [0.2, 0.25) is 0 Å². The van der Waals surface area contributed by atoms with Crippen LogP contribution in [0.3, 0.4) is 0 Å². The molecule has 2 heteroatoms. The van der Waals surface area contributed by atoms with Crippen molar-refractivity contribution in [3.05, 3.63) is 24.3 Å². The molecule has 0 bridgehead atoms. The third kappa shape index (κ3) is 30.3. The van der Waals surface area contributed by atoms with Gasteiger partial charge in [0.15, 0.2) is 0 Å². The van der Waals surface area contributed by atoms with Crippen LogP contribution in [0.15, 0.2) is 24.3 Å². The fraction of sp³-hybridized carbons (Fsp3) is 0.886. The first-order valence-corrected chi connectivity index (χ1v) is 21.2. The van der Waals surface area contributed by atoms with Crippen LogP contribution in [0.1, 0.15) is 245 Å². The van der Waals surface area contributed by atoms with Crippen LogP contribution in [0.5, 0.6) is 0 Å². The number of unbranched alkanes of at least 4 members (excludes halogenated alkanes) is 27. The third-order valence-corrected chi connectivity index (χ3v) is 10.3. The fourth-order valence-electron chi connectivity index (χ4n) is 7.05. The lowest BCUT2D eigenvalue weighted by atomic mass is 9.74. The van der Waals surface area contributed by atoms with E-state index in [-0.39, 0.29) is 0 Å². The van der Waals surface area contributed by atoms with E-state index in [0.717, 1.165) is 51.4 Å². The van der Waals surface area contributed by atoms with Gasteiger partial charge in [0, 0.05) is 0 Å². The molecule has 0 saturated carbocycles. The Labute approximate surface area is 290 Å². The summed E-state index contributed by atoms with van der Waals surface area (Å²) in [6.45, 7) is 6.83. The second-order valence-corrected chi connectivity index (χ2v) is 14.8. The zero-order valence-electron chi connectivity index (χ0n) is 31.9. The van der Waals surface area contributed by atoms with Crippen LogP contribution < -0.4 is 0 Å². The minimum Gasteiger partial charge on any atom is -0.481 e. The highest BCUT2D eigenvalue weighted by atomic mass is 16.4. The SMILES string of the molecule is CCCCC/C=C\C/C=C\CCCCCCC(CCCCCCCCCCCCC)(CCCCCCCCCCCCC)C(=O)O. The molecule has 0 amide bonds. The zero-order valence-corrected chi connectivity index (χ0v) is 31.9. The normalized spacial score (nSPS) is 12.2. The summed E-state index contributed by atoms with van der Waals surface area (Å²) in [5.41, 5.74) is -0.484. The van der Waals surface area contributed by atoms with Crippen molar-refractivity contribution < 1.29 is 9.90 Å². The van der Waals surface area contributed by atoms with Gasteiger partial charge in [-0.15, -0.1) is 0 Å². The van der Waals surface area contributed by atoms with Crippen LogP contribution in [0.2, 0.25) is 0 Å². The smallest absolute Gasteiger partial charge is 0.309 e. The van der Waals surface area contributed by atoms with Gasteiger partial charge < -0.3 is 5.11 Å². The molecule has 0 heterocycles. The maximum atomic E-state index is 12.8. The Morgan fingerprint density at radius 1 is 0.391 bits per heavy atom. The van der Waals surface area contributed by atoms with Crippen LogP contribution in [-0.2, 0) is 4.79 Å². The number of allylic oxidation sites excluding steroid dienone is 4. The van der Waals surface area contributed by atoms with Crippen LogP contribution in [0.25, 0.3) is 0 Å². The van der Waals surface area contributed by atoms with Gasteiger partial charge in [0.25, 0.3) is 0 Å². The van der Waals surface area contributed by atoms with Crippen LogP contribution >= 0.6 is 0 Å². The maximum Gasteiger partial charge on any atom is 0.309 e. The van der Waals surface area contributed by atoms with Gasteiger partial charge >= 0.3 is 5.97 Å². The number of rotatable bonds is 38. The number of aliphatic carboxylic acids is 1. The summed E-state index contributed by atoms with van der Waals surface area (Å²) >= 11 is 0. The Kier molecular flexibility index (Phi) is 35.9. The van der Waals surface area contributed by atoms with E-state index in [4.69, 9.17) is 0 Å². The Balaban J connectivity index is 4.45.